The van der Waals surface area contributed by atoms with E-state index in [1.54, 1.807) is 6.20 Å². The topological polar surface area (TPSA) is 34.2 Å². The van der Waals surface area contributed by atoms with Crippen LogP contribution in [0.3, 0.4) is 0 Å². The van der Waals surface area contributed by atoms with Gasteiger partial charge in [-0.05, 0) is 6.42 Å². The summed E-state index contributed by atoms with van der Waals surface area (Å²) < 4.78 is 28.3. The zero-order valence-corrected chi connectivity index (χ0v) is 9.32. The summed E-state index contributed by atoms with van der Waals surface area (Å²) in [5.74, 6) is 0. The van der Waals surface area contributed by atoms with Crippen molar-refractivity contribution >= 4 is 16.5 Å². The molecule has 1 rings (SSSR count). The van der Waals surface area contributed by atoms with E-state index in [1.807, 2.05) is 0 Å². The number of nitrogens with one attached hydrogen (secondary N) is 1. The maximum absolute atomic E-state index is 11.8. The summed E-state index contributed by atoms with van der Waals surface area (Å²) in [6, 6.07) is 0. The number of hydrogen-bond acceptors (Lipinski definition) is 4. The van der Waals surface area contributed by atoms with Crippen molar-refractivity contribution in [1.82, 2.24) is 4.98 Å². The fraction of sp³-hybridized carbons (Fsp3) is 0.667. The second-order valence-corrected chi connectivity index (χ2v) is 4.08. The third-order valence-electron chi connectivity index (χ3n) is 1.57. The Hall–Kier alpha value is -0.750. The standard InChI is InChI=1S/C9H14F2N2OS/c1-2-3-12-9-13-4-7(15-9)5-14-6-8(10)11/h4,8H,2-3,5-6H2,1H3,(H,12,13). The Kier molecular flexibility index (Phi) is 5.49. The lowest BCUT2D eigenvalue weighted by molar-refractivity contribution is 0.0107. The van der Waals surface area contributed by atoms with Crippen LogP contribution in [0.15, 0.2) is 6.20 Å². The molecule has 0 saturated carbocycles. The molecule has 3 nitrogen and oxygen atoms in total. The molecule has 0 amide bonds. The fourth-order valence-corrected chi connectivity index (χ4v) is 1.71. The van der Waals surface area contributed by atoms with E-state index in [0.29, 0.717) is 0 Å². The van der Waals surface area contributed by atoms with Gasteiger partial charge in [-0.15, -0.1) is 0 Å². The zero-order valence-electron chi connectivity index (χ0n) is 8.50. The van der Waals surface area contributed by atoms with Crippen LogP contribution in [0.4, 0.5) is 13.9 Å². The summed E-state index contributed by atoms with van der Waals surface area (Å²) in [5, 5.41) is 3.93. The van der Waals surface area contributed by atoms with Crippen LogP contribution in [0.25, 0.3) is 0 Å². The van der Waals surface area contributed by atoms with Gasteiger partial charge in [0.2, 0.25) is 0 Å². The predicted octanol–water partition coefficient (Wildman–Crippen LogP) is 2.75. The highest BCUT2D eigenvalue weighted by Crippen LogP contribution is 2.18. The molecule has 0 aliphatic heterocycles. The number of anilines is 1. The summed E-state index contributed by atoms with van der Waals surface area (Å²) in [4.78, 5) is 4.95. The highest BCUT2D eigenvalue weighted by Gasteiger charge is 2.04. The van der Waals surface area contributed by atoms with Gasteiger partial charge in [-0.25, -0.2) is 13.8 Å². The van der Waals surface area contributed by atoms with Crippen molar-refractivity contribution < 1.29 is 13.5 Å². The monoisotopic (exact) mass is 236 g/mol. The molecule has 1 N–H and O–H groups in total. The number of aromatic nitrogens is 1. The van der Waals surface area contributed by atoms with Crippen molar-refractivity contribution in [3.05, 3.63) is 11.1 Å². The number of alkyl halides is 2. The van der Waals surface area contributed by atoms with Crippen molar-refractivity contribution in [1.29, 1.82) is 0 Å². The van der Waals surface area contributed by atoms with Crippen molar-refractivity contribution in [2.75, 3.05) is 18.5 Å². The number of ether oxygens (including phenoxy) is 1. The molecule has 0 radical (unpaired) electrons. The molecule has 0 aliphatic carbocycles. The van der Waals surface area contributed by atoms with E-state index in [9.17, 15) is 8.78 Å². The first-order valence-electron chi connectivity index (χ1n) is 4.76. The van der Waals surface area contributed by atoms with E-state index in [4.69, 9.17) is 4.74 Å². The lowest BCUT2D eigenvalue weighted by Crippen LogP contribution is -2.03. The molecule has 15 heavy (non-hydrogen) atoms. The molecule has 6 heteroatoms. The number of nitrogens with zero attached hydrogens (tertiary/aromatic N) is 1. The predicted molar refractivity (Wildman–Crippen MR) is 56.6 cm³/mol. The van der Waals surface area contributed by atoms with E-state index in [0.717, 1.165) is 23.0 Å². The van der Waals surface area contributed by atoms with Crippen LogP contribution in [-0.4, -0.2) is 24.6 Å². The van der Waals surface area contributed by atoms with Crippen molar-refractivity contribution in [3.63, 3.8) is 0 Å². The molecule has 1 heterocycles. The minimum atomic E-state index is -2.41. The Labute approximate surface area is 91.5 Å². The summed E-state index contributed by atoms with van der Waals surface area (Å²) in [5.41, 5.74) is 0. The molecule has 0 spiro atoms. The van der Waals surface area contributed by atoms with Crippen molar-refractivity contribution in [3.8, 4) is 0 Å². The van der Waals surface area contributed by atoms with Crippen LogP contribution < -0.4 is 5.32 Å². The minimum Gasteiger partial charge on any atom is -0.370 e. The Morgan fingerprint density at radius 2 is 2.40 bits per heavy atom. The highest BCUT2D eigenvalue weighted by molar-refractivity contribution is 7.15. The van der Waals surface area contributed by atoms with Crippen LogP contribution >= 0.6 is 11.3 Å². The van der Waals surface area contributed by atoms with Gasteiger partial charge in [0.15, 0.2) is 5.13 Å². The molecule has 0 aromatic carbocycles. The largest absolute Gasteiger partial charge is 0.370 e. The van der Waals surface area contributed by atoms with E-state index in [2.05, 4.69) is 17.2 Å². The van der Waals surface area contributed by atoms with Gasteiger partial charge >= 0.3 is 0 Å². The normalized spacial score (nSPS) is 10.9. The van der Waals surface area contributed by atoms with Crippen LogP contribution in [0.5, 0.6) is 0 Å². The van der Waals surface area contributed by atoms with Gasteiger partial charge in [-0.2, -0.15) is 0 Å². The van der Waals surface area contributed by atoms with Crippen molar-refractivity contribution in [2.45, 2.75) is 26.4 Å². The molecule has 0 atom stereocenters. The zero-order chi connectivity index (χ0) is 11.1. The lowest BCUT2D eigenvalue weighted by Gasteiger charge is -2.00. The molecule has 1 aromatic heterocycles. The Morgan fingerprint density at radius 1 is 1.60 bits per heavy atom. The highest BCUT2D eigenvalue weighted by atomic mass is 32.1. The molecule has 0 saturated heterocycles. The Bertz CT molecular complexity index is 281. The minimum absolute atomic E-state index is 0.204. The van der Waals surface area contributed by atoms with Gasteiger partial charge in [0, 0.05) is 12.7 Å². The average molecular weight is 236 g/mol. The maximum atomic E-state index is 11.8. The van der Waals surface area contributed by atoms with E-state index < -0.39 is 13.0 Å². The first-order valence-corrected chi connectivity index (χ1v) is 5.58. The molecule has 0 bridgehead atoms. The lowest BCUT2D eigenvalue weighted by atomic mass is 10.5. The number of hydrogen-bond donors (Lipinski definition) is 1. The molecular formula is C9H14F2N2OS. The quantitative estimate of drug-likeness (QED) is 0.790. The first kappa shape index (κ1) is 12.3. The van der Waals surface area contributed by atoms with Gasteiger partial charge in [-0.1, -0.05) is 18.3 Å². The van der Waals surface area contributed by atoms with Gasteiger partial charge in [0.25, 0.3) is 6.43 Å². The third-order valence-corrected chi connectivity index (χ3v) is 2.50. The van der Waals surface area contributed by atoms with Gasteiger partial charge in [0.1, 0.15) is 6.61 Å². The summed E-state index contributed by atoms with van der Waals surface area (Å²) in [7, 11) is 0. The van der Waals surface area contributed by atoms with E-state index in [1.165, 1.54) is 11.3 Å². The third kappa shape index (κ3) is 5.03. The smallest absolute Gasteiger partial charge is 0.261 e. The second kappa shape index (κ2) is 6.68. The fourth-order valence-electron chi connectivity index (χ4n) is 0.936. The SMILES string of the molecule is CCCNc1ncc(COCC(F)F)s1. The summed E-state index contributed by atoms with van der Waals surface area (Å²) in [6.45, 7) is 2.61. The molecule has 0 fully saturated rings. The molecular weight excluding hydrogens is 222 g/mol. The van der Waals surface area contributed by atoms with E-state index in [-0.39, 0.29) is 6.61 Å². The molecule has 1 aromatic rings. The van der Waals surface area contributed by atoms with Crippen LogP contribution in [0, 0.1) is 0 Å². The van der Waals surface area contributed by atoms with Gasteiger partial charge in [-0.3, -0.25) is 0 Å². The summed E-state index contributed by atoms with van der Waals surface area (Å²) >= 11 is 1.43. The van der Waals surface area contributed by atoms with Crippen LogP contribution in [0.2, 0.25) is 0 Å². The first-order chi connectivity index (χ1) is 7.22. The molecule has 86 valence electrons. The van der Waals surface area contributed by atoms with Crippen molar-refractivity contribution in [2.24, 2.45) is 0 Å². The summed E-state index contributed by atoms with van der Waals surface area (Å²) in [6.07, 6.45) is 0.265. The Morgan fingerprint density at radius 3 is 3.07 bits per heavy atom. The molecule has 0 unspecified atom stereocenters. The number of thiazole rings is 1. The van der Waals surface area contributed by atoms with Crippen LogP contribution in [0.1, 0.15) is 18.2 Å². The number of rotatable bonds is 7. The second-order valence-electron chi connectivity index (χ2n) is 2.96. The average Bonchev–Trinajstić information content (AvgIpc) is 2.62. The maximum Gasteiger partial charge on any atom is 0.261 e. The number of halogens is 2. The van der Waals surface area contributed by atoms with Crippen LogP contribution in [-0.2, 0) is 11.3 Å². The van der Waals surface area contributed by atoms with Gasteiger partial charge < -0.3 is 10.1 Å². The van der Waals surface area contributed by atoms with E-state index >= 15 is 0 Å². The Balaban J connectivity index is 2.26. The molecule has 0 aliphatic rings. The van der Waals surface area contributed by atoms with Gasteiger partial charge in [0.05, 0.1) is 11.5 Å².